The minimum Gasteiger partial charge on any atom is -0.494 e. The summed E-state index contributed by atoms with van der Waals surface area (Å²) in [7, 11) is 0. The van der Waals surface area contributed by atoms with Crippen LogP contribution in [0.25, 0.3) is 0 Å². The first kappa shape index (κ1) is 16.4. The maximum absolute atomic E-state index is 5.43. The Morgan fingerprint density at radius 3 is 2.67 bits per heavy atom. The molecule has 24 heavy (non-hydrogen) atoms. The Labute approximate surface area is 146 Å². The first-order chi connectivity index (χ1) is 11.7. The molecule has 0 aliphatic carbocycles. The van der Waals surface area contributed by atoms with Crippen LogP contribution in [0.1, 0.15) is 25.5 Å². The molecule has 1 unspecified atom stereocenters. The van der Waals surface area contributed by atoms with Crippen molar-refractivity contribution >= 4 is 23.0 Å². The summed E-state index contributed by atoms with van der Waals surface area (Å²) in [5.41, 5.74) is 1.99. The normalized spacial score (nSPS) is 13.2. The predicted molar refractivity (Wildman–Crippen MR) is 97.9 cm³/mol. The van der Waals surface area contributed by atoms with Crippen LogP contribution in [-0.2, 0) is 0 Å². The van der Waals surface area contributed by atoms with Gasteiger partial charge in [-0.15, -0.1) is 0 Å². The highest BCUT2D eigenvalue weighted by atomic mass is 32.1. The minimum atomic E-state index is 0.0437. The second-order valence-electron chi connectivity index (χ2n) is 5.39. The lowest BCUT2D eigenvalue weighted by Crippen LogP contribution is -2.30. The number of nitrogens with one attached hydrogen (secondary N) is 2. The van der Waals surface area contributed by atoms with E-state index in [4.69, 9.17) is 26.4 Å². The molecule has 0 saturated carbocycles. The van der Waals surface area contributed by atoms with Crippen LogP contribution < -0.4 is 24.8 Å². The van der Waals surface area contributed by atoms with Gasteiger partial charge in [0.15, 0.2) is 16.6 Å². The summed E-state index contributed by atoms with van der Waals surface area (Å²) in [5, 5.41) is 7.00. The fourth-order valence-electron chi connectivity index (χ4n) is 2.43. The molecule has 1 aliphatic heterocycles. The van der Waals surface area contributed by atoms with Crippen molar-refractivity contribution in [2.75, 3.05) is 18.7 Å². The quantitative estimate of drug-likeness (QED) is 0.803. The van der Waals surface area contributed by atoms with Gasteiger partial charge in [-0.2, -0.15) is 0 Å². The van der Waals surface area contributed by atoms with E-state index < -0.39 is 0 Å². The van der Waals surface area contributed by atoms with E-state index in [1.54, 1.807) is 0 Å². The molecule has 0 amide bonds. The summed E-state index contributed by atoms with van der Waals surface area (Å²) in [4.78, 5) is 0. The second kappa shape index (κ2) is 7.40. The zero-order valence-electron chi connectivity index (χ0n) is 13.7. The molecule has 2 aromatic carbocycles. The average molecular weight is 344 g/mol. The van der Waals surface area contributed by atoms with E-state index in [0.717, 1.165) is 28.5 Å². The van der Waals surface area contributed by atoms with Crippen molar-refractivity contribution < 1.29 is 14.2 Å². The molecule has 0 saturated heterocycles. The second-order valence-corrected chi connectivity index (χ2v) is 5.80. The lowest BCUT2D eigenvalue weighted by molar-refractivity contribution is 0.174. The summed E-state index contributed by atoms with van der Waals surface area (Å²) in [5.74, 6) is 2.39. The van der Waals surface area contributed by atoms with E-state index in [9.17, 15) is 0 Å². The highest BCUT2D eigenvalue weighted by Gasteiger charge is 2.16. The maximum Gasteiger partial charge on any atom is 0.231 e. The van der Waals surface area contributed by atoms with Crippen LogP contribution in [0.4, 0.5) is 5.69 Å². The molecule has 0 bridgehead atoms. The van der Waals surface area contributed by atoms with Crippen LogP contribution in [0.15, 0.2) is 42.5 Å². The molecule has 0 spiro atoms. The van der Waals surface area contributed by atoms with Gasteiger partial charge in [-0.25, -0.2) is 0 Å². The monoisotopic (exact) mass is 344 g/mol. The van der Waals surface area contributed by atoms with Crippen LogP contribution >= 0.6 is 12.2 Å². The molecule has 6 heteroatoms. The number of ether oxygens (including phenoxy) is 3. The van der Waals surface area contributed by atoms with E-state index in [1.807, 2.05) is 56.3 Å². The summed E-state index contributed by atoms with van der Waals surface area (Å²) < 4.78 is 16.2. The minimum absolute atomic E-state index is 0.0437. The van der Waals surface area contributed by atoms with Crippen LogP contribution in [0.3, 0.4) is 0 Å². The van der Waals surface area contributed by atoms with Gasteiger partial charge in [-0.05, 0) is 68.0 Å². The lowest BCUT2D eigenvalue weighted by atomic mass is 10.1. The third-order valence-corrected chi connectivity index (χ3v) is 3.89. The van der Waals surface area contributed by atoms with Gasteiger partial charge in [-0.1, -0.05) is 6.07 Å². The summed E-state index contributed by atoms with van der Waals surface area (Å²) in [6.07, 6.45) is 0. The predicted octanol–water partition coefficient (Wildman–Crippen LogP) is 3.86. The van der Waals surface area contributed by atoms with Crippen molar-refractivity contribution in [3.63, 3.8) is 0 Å². The molecule has 126 valence electrons. The molecular weight excluding hydrogens is 324 g/mol. The van der Waals surface area contributed by atoms with Gasteiger partial charge in [0, 0.05) is 5.69 Å². The molecule has 5 nitrogen and oxygen atoms in total. The summed E-state index contributed by atoms with van der Waals surface area (Å²) >= 11 is 5.39. The number of anilines is 1. The van der Waals surface area contributed by atoms with Crippen molar-refractivity contribution in [1.82, 2.24) is 5.32 Å². The number of hydrogen-bond donors (Lipinski definition) is 2. The maximum atomic E-state index is 5.43. The van der Waals surface area contributed by atoms with Crippen molar-refractivity contribution in [2.24, 2.45) is 0 Å². The van der Waals surface area contributed by atoms with Gasteiger partial charge < -0.3 is 24.8 Å². The van der Waals surface area contributed by atoms with E-state index in [0.29, 0.717) is 11.7 Å². The van der Waals surface area contributed by atoms with Gasteiger partial charge >= 0.3 is 0 Å². The zero-order valence-corrected chi connectivity index (χ0v) is 14.5. The first-order valence-corrected chi connectivity index (χ1v) is 8.26. The van der Waals surface area contributed by atoms with Gasteiger partial charge in [0.25, 0.3) is 0 Å². The smallest absolute Gasteiger partial charge is 0.231 e. The number of hydrogen-bond acceptors (Lipinski definition) is 4. The van der Waals surface area contributed by atoms with E-state index in [-0.39, 0.29) is 12.8 Å². The fourth-order valence-corrected chi connectivity index (χ4v) is 2.73. The molecule has 0 radical (unpaired) electrons. The highest BCUT2D eigenvalue weighted by Crippen LogP contribution is 2.34. The Bertz CT molecular complexity index is 719. The molecule has 0 aromatic heterocycles. The molecular formula is C18H20N2O3S. The largest absolute Gasteiger partial charge is 0.494 e. The molecule has 0 fully saturated rings. The van der Waals surface area contributed by atoms with E-state index in [2.05, 4.69) is 10.6 Å². The SMILES string of the molecule is CCOc1ccc(NC(=S)NC(C)c2ccc3c(c2)OCO3)cc1. The van der Waals surface area contributed by atoms with Crippen LogP contribution in [-0.4, -0.2) is 18.5 Å². The molecule has 3 rings (SSSR count). The van der Waals surface area contributed by atoms with Gasteiger partial charge in [0.1, 0.15) is 5.75 Å². The lowest BCUT2D eigenvalue weighted by Gasteiger charge is -2.18. The Kier molecular flexibility index (Phi) is 5.05. The summed E-state index contributed by atoms with van der Waals surface area (Å²) in [6.45, 7) is 4.94. The molecule has 2 aromatic rings. The molecule has 1 aliphatic rings. The van der Waals surface area contributed by atoms with Crippen molar-refractivity contribution in [3.05, 3.63) is 48.0 Å². The molecule has 2 N–H and O–H groups in total. The van der Waals surface area contributed by atoms with Crippen molar-refractivity contribution in [2.45, 2.75) is 19.9 Å². The third kappa shape index (κ3) is 3.89. The standard InChI is InChI=1S/C18H20N2O3S/c1-3-21-15-7-5-14(6-8-15)20-18(24)19-12(2)13-4-9-16-17(10-13)23-11-22-16/h4-10,12H,3,11H2,1-2H3,(H2,19,20,24). The van der Waals surface area contributed by atoms with E-state index in [1.165, 1.54) is 0 Å². The summed E-state index contributed by atoms with van der Waals surface area (Å²) in [6, 6.07) is 13.6. The molecule has 1 atom stereocenters. The van der Waals surface area contributed by atoms with Crippen LogP contribution in [0, 0.1) is 0 Å². The Hall–Kier alpha value is -2.47. The van der Waals surface area contributed by atoms with Crippen molar-refractivity contribution in [3.8, 4) is 17.2 Å². The van der Waals surface area contributed by atoms with Gasteiger partial charge in [-0.3, -0.25) is 0 Å². The van der Waals surface area contributed by atoms with Gasteiger partial charge in [0.05, 0.1) is 12.6 Å². The fraction of sp³-hybridized carbons (Fsp3) is 0.278. The number of fused-ring (bicyclic) bond motifs is 1. The van der Waals surface area contributed by atoms with Crippen LogP contribution in [0.2, 0.25) is 0 Å². The Balaban J connectivity index is 1.57. The highest BCUT2D eigenvalue weighted by molar-refractivity contribution is 7.80. The molecule has 1 heterocycles. The Morgan fingerprint density at radius 2 is 1.92 bits per heavy atom. The van der Waals surface area contributed by atoms with E-state index >= 15 is 0 Å². The van der Waals surface area contributed by atoms with Gasteiger partial charge in [0.2, 0.25) is 6.79 Å². The topological polar surface area (TPSA) is 51.8 Å². The third-order valence-electron chi connectivity index (χ3n) is 3.67. The number of thiocarbonyl (C=S) groups is 1. The first-order valence-electron chi connectivity index (χ1n) is 7.85. The Morgan fingerprint density at radius 1 is 1.17 bits per heavy atom. The van der Waals surface area contributed by atoms with Crippen LogP contribution in [0.5, 0.6) is 17.2 Å². The number of rotatable bonds is 5. The number of benzene rings is 2. The van der Waals surface area contributed by atoms with Crippen molar-refractivity contribution in [1.29, 1.82) is 0 Å². The zero-order chi connectivity index (χ0) is 16.9. The average Bonchev–Trinajstić information content (AvgIpc) is 3.04.